The molecule has 21 heavy (non-hydrogen) atoms. The van der Waals surface area contributed by atoms with Crippen molar-refractivity contribution in [2.24, 2.45) is 0 Å². The predicted octanol–water partition coefficient (Wildman–Crippen LogP) is 2.55. The van der Waals surface area contributed by atoms with Gasteiger partial charge >= 0.3 is 0 Å². The highest BCUT2D eigenvalue weighted by atomic mass is 19.1. The van der Waals surface area contributed by atoms with Gasteiger partial charge in [0.1, 0.15) is 18.0 Å². The van der Waals surface area contributed by atoms with Crippen molar-refractivity contribution >= 4 is 5.69 Å². The molecule has 5 nitrogen and oxygen atoms in total. The van der Waals surface area contributed by atoms with Crippen LogP contribution >= 0.6 is 0 Å². The van der Waals surface area contributed by atoms with Gasteiger partial charge in [0.2, 0.25) is 0 Å². The van der Waals surface area contributed by atoms with Crippen LogP contribution in [0.5, 0.6) is 0 Å². The Morgan fingerprint density at radius 2 is 1.81 bits per heavy atom. The molecule has 0 unspecified atom stereocenters. The first-order chi connectivity index (χ1) is 10.2. The second kappa shape index (κ2) is 5.66. The van der Waals surface area contributed by atoms with Gasteiger partial charge in [0.05, 0.1) is 11.4 Å². The number of aromatic nitrogens is 4. The normalized spacial score (nSPS) is 10.6. The number of nitrogens with zero attached hydrogens (tertiary/aromatic N) is 4. The van der Waals surface area contributed by atoms with Crippen molar-refractivity contribution < 1.29 is 8.78 Å². The summed E-state index contributed by atoms with van der Waals surface area (Å²) < 4.78 is 27.8. The minimum Gasteiger partial charge on any atom is -0.379 e. The molecule has 0 aliphatic rings. The molecular formula is C14H11F2N5. The summed E-state index contributed by atoms with van der Waals surface area (Å²) in [5.74, 6) is -1.19. The zero-order valence-electron chi connectivity index (χ0n) is 10.9. The minimum absolute atomic E-state index is 0.286. The smallest absolute Gasteiger partial charge is 0.143 e. The van der Waals surface area contributed by atoms with Gasteiger partial charge in [-0.15, -0.1) is 5.10 Å². The molecule has 106 valence electrons. The molecule has 0 atom stereocenters. The first-order valence-electron chi connectivity index (χ1n) is 6.23. The number of benzene rings is 2. The molecule has 0 aliphatic heterocycles. The molecule has 0 amide bonds. The Bertz CT molecular complexity index is 723. The van der Waals surface area contributed by atoms with Crippen LogP contribution in [0.1, 0.15) is 5.56 Å². The monoisotopic (exact) mass is 287 g/mol. The van der Waals surface area contributed by atoms with E-state index in [0.29, 0.717) is 5.56 Å². The average molecular weight is 287 g/mol. The summed E-state index contributed by atoms with van der Waals surface area (Å²) in [6.45, 7) is 0.286. The molecule has 0 saturated carbocycles. The second-order valence-corrected chi connectivity index (χ2v) is 4.40. The molecule has 1 N–H and O–H groups in total. The Morgan fingerprint density at radius 3 is 2.52 bits per heavy atom. The average Bonchev–Trinajstić information content (AvgIpc) is 2.98. The fourth-order valence-electron chi connectivity index (χ4n) is 2.00. The van der Waals surface area contributed by atoms with E-state index in [1.54, 1.807) is 0 Å². The lowest BCUT2D eigenvalue weighted by molar-refractivity contribution is 0.580. The van der Waals surface area contributed by atoms with Crippen molar-refractivity contribution in [1.82, 2.24) is 20.2 Å². The largest absolute Gasteiger partial charge is 0.379 e. The van der Waals surface area contributed by atoms with Crippen LogP contribution < -0.4 is 5.32 Å². The van der Waals surface area contributed by atoms with E-state index in [0.717, 1.165) is 17.4 Å². The Hall–Kier alpha value is -2.83. The zero-order valence-corrected chi connectivity index (χ0v) is 10.9. The molecule has 0 fully saturated rings. The van der Waals surface area contributed by atoms with E-state index in [2.05, 4.69) is 20.8 Å². The maximum atomic E-state index is 13.2. The van der Waals surface area contributed by atoms with Crippen LogP contribution in [0.25, 0.3) is 5.69 Å². The van der Waals surface area contributed by atoms with Crippen LogP contribution in [-0.2, 0) is 6.54 Å². The Morgan fingerprint density at radius 1 is 1.05 bits per heavy atom. The number of tetrazole rings is 1. The zero-order chi connectivity index (χ0) is 14.7. The van der Waals surface area contributed by atoms with Gasteiger partial charge in [-0.2, -0.15) is 4.68 Å². The van der Waals surface area contributed by atoms with Crippen LogP contribution in [0, 0.1) is 11.6 Å². The molecule has 0 saturated heterocycles. The summed E-state index contributed by atoms with van der Waals surface area (Å²) in [7, 11) is 0. The molecule has 3 aromatic rings. The van der Waals surface area contributed by atoms with Crippen LogP contribution in [0.3, 0.4) is 0 Å². The van der Waals surface area contributed by atoms with Gasteiger partial charge in [-0.1, -0.05) is 12.1 Å². The lowest BCUT2D eigenvalue weighted by Crippen LogP contribution is -2.05. The molecular weight excluding hydrogens is 276 g/mol. The van der Waals surface area contributed by atoms with E-state index in [-0.39, 0.29) is 6.54 Å². The summed E-state index contributed by atoms with van der Waals surface area (Å²) in [6, 6.07) is 10.8. The summed E-state index contributed by atoms with van der Waals surface area (Å²) in [5.41, 5.74) is 2.02. The number of anilines is 1. The number of rotatable bonds is 4. The van der Waals surface area contributed by atoms with E-state index < -0.39 is 11.6 Å². The molecule has 0 bridgehead atoms. The maximum absolute atomic E-state index is 13.2. The van der Waals surface area contributed by atoms with Gasteiger partial charge in [-0.3, -0.25) is 0 Å². The van der Waals surface area contributed by atoms with Gasteiger partial charge in [0.15, 0.2) is 0 Å². The molecule has 7 heteroatoms. The van der Waals surface area contributed by atoms with E-state index in [1.807, 2.05) is 24.3 Å². The Kier molecular flexibility index (Phi) is 3.55. The van der Waals surface area contributed by atoms with Crippen molar-refractivity contribution in [3.05, 3.63) is 66.0 Å². The van der Waals surface area contributed by atoms with Crippen molar-refractivity contribution in [2.45, 2.75) is 6.54 Å². The highest BCUT2D eigenvalue weighted by molar-refractivity contribution is 5.60. The number of nitrogens with one attached hydrogen (secondary N) is 1. The lowest BCUT2D eigenvalue weighted by atomic mass is 10.2. The van der Waals surface area contributed by atoms with Gasteiger partial charge in [0.25, 0.3) is 0 Å². The lowest BCUT2D eigenvalue weighted by Gasteiger charge is -2.11. The van der Waals surface area contributed by atoms with Crippen LogP contribution in [-0.4, -0.2) is 20.2 Å². The van der Waals surface area contributed by atoms with Gasteiger partial charge in [-0.05, 0) is 40.3 Å². The topological polar surface area (TPSA) is 55.6 Å². The number of halogens is 2. The third-order valence-electron chi connectivity index (χ3n) is 2.91. The van der Waals surface area contributed by atoms with E-state index >= 15 is 0 Å². The minimum atomic E-state index is -0.597. The van der Waals surface area contributed by atoms with Crippen molar-refractivity contribution in [1.29, 1.82) is 0 Å². The van der Waals surface area contributed by atoms with Crippen LogP contribution in [0.2, 0.25) is 0 Å². The van der Waals surface area contributed by atoms with E-state index in [1.165, 1.54) is 23.1 Å². The predicted molar refractivity (Wildman–Crippen MR) is 72.8 cm³/mol. The van der Waals surface area contributed by atoms with Gasteiger partial charge in [0, 0.05) is 12.6 Å². The summed E-state index contributed by atoms with van der Waals surface area (Å²) in [5, 5.41) is 14.1. The fraction of sp³-hybridized carbons (Fsp3) is 0.0714. The summed E-state index contributed by atoms with van der Waals surface area (Å²) in [4.78, 5) is 0. The summed E-state index contributed by atoms with van der Waals surface area (Å²) >= 11 is 0. The molecule has 1 heterocycles. The highest BCUT2D eigenvalue weighted by Crippen LogP contribution is 2.19. The van der Waals surface area contributed by atoms with Crippen molar-refractivity contribution in [2.75, 3.05) is 5.32 Å². The molecule has 2 aromatic carbocycles. The van der Waals surface area contributed by atoms with E-state index in [9.17, 15) is 8.78 Å². The maximum Gasteiger partial charge on any atom is 0.143 e. The third kappa shape index (κ3) is 3.02. The Labute approximate surface area is 119 Å². The fourth-order valence-corrected chi connectivity index (χ4v) is 2.00. The SMILES string of the molecule is Fc1cc(F)cc(CNc2ccccc2-n2cnnn2)c1. The third-order valence-corrected chi connectivity index (χ3v) is 2.91. The van der Waals surface area contributed by atoms with Crippen LogP contribution in [0.4, 0.5) is 14.5 Å². The van der Waals surface area contributed by atoms with E-state index in [4.69, 9.17) is 0 Å². The number of hydrogen-bond donors (Lipinski definition) is 1. The number of hydrogen-bond acceptors (Lipinski definition) is 4. The summed E-state index contributed by atoms with van der Waals surface area (Å²) in [6.07, 6.45) is 1.47. The quantitative estimate of drug-likeness (QED) is 0.801. The van der Waals surface area contributed by atoms with Gasteiger partial charge < -0.3 is 5.32 Å². The molecule has 1 aromatic heterocycles. The molecule has 0 radical (unpaired) electrons. The Balaban J connectivity index is 1.82. The number of para-hydroxylation sites is 2. The first kappa shape index (κ1) is 13.2. The van der Waals surface area contributed by atoms with Gasteiger partial charge in [-0.25, -0.2) is 8.78 Å². The van der Waals surface area contributed by atoms with Crippen LogP contribution in [0.15, 0.2) is 48.8 Å². The first-order valence-corrected chi connectivity index (χ1v) is 6.23. The standard InChI is InChI=1S/C14H11F2N5/c15-11-5-10(6-12(16)7-11)8-17-13-3-1-2-4-14(13)21-9-18-19-20-21/h1-7,9,17H,8H2. The van der Waals surface area contributed by atoms with Crippen molar-refractivity contribution in [3.8, 4) is 5.69 Å². The van der Waals surface area contributed by atoms with Crippen molar-refractivity contribution in [3.63, 3.8) is 0 Å². The highest BCUT2D eigenvalue weighted by Gasteiger charge is 2.06. The molecule has 0 spiro atoms. The molecule has 3 rings (SSSR count). The molecule has 0 aliphatic carbocycles. The second-order valence-electron chi connectivity index (χ2n) is 4.40.